The van der Waals surface area contributed by atoms with E-state index in [-0.39, 0.29) is 11.0 Å². The van der Waals surface area contributed by atoms with Crippen molar-refractivity contribution in [1.29, 1.82) is 0 Å². The van der Waals surface area contributed by atoms with Crippen molar-refractivity contribution in [2.24, 2.45) is 0 Å². The largest absolute Gasteiger partial charge is 0.488 e. The Labute approximate surface area is 128 Å². The zero-order valence-corrected chi connectivity index (χ0v) is 12.9. The number of ether oxygens (including phenoxy) is 2. The standard InChI is InChI=1S/C16H15NO4S/c1-22(18,19)13-7-11-3-5-15(21-16(11)17-8-13)10-2-4-14-12(6-10)9-20-14/h2,4,6-8,15H,3,5,9H2,1H3. The fraction of sp³-hybridized carbons (Fsp3) is 0.312. The molecular formula is C16H15NO4S. The van der Waals surface area contributed by atoms with Crippen molar-refractivity contribution in [3.8, 4) is 11.6 Å². The molecule has 3 heterocycles. The van der Waals surface area contributed by atoms with E-state index in [0.29, 0.717) is 12.5 Å². The summed E-state index contributed by atoms with van der Waals surface area (Å²) >= 11 is 0. The maximum absolute atomic E-state index is 11.6. The fourth-order valence-electron chi connectivity index (χ4n) is 2.81. The molecule has 0 radical (unpaired) electrons. The molecule has 0 saturated carbocycles. The Morgan fingerprint density at radius 3 is 2.77 bits per heavy atom. The van der Waals surface area contributed by atoms with E-state index in [9.17, 15) is 8.42 Å². The van der Waals surface area contributed by atoms with E-state index >= 15 is 0 Å². The van der Waals surface area contributed by atoms with Crippen molar-refractivity contribution in [3.63, 3.8) is 0 Å². The summed E-state index contributed by atoms with van der Waals surface area (Å²) in [6.45, 7) is 0.655. The molecule has 1 atom stereocenters. The topological polar surface area (TPSA) is 65.5 Å². The third-order valence-corrected chi connectivity index (χ3v) is 5.18. The number of rotatable bonds is 2. The lowest BCUT2D eigenvalue weighted by Gasteiger charge is -2.28. The van der Waals surface area contributed by atoms with Crippen LogP contribution in [0.3, 0.4) is 0 Å². The minimum Gasteiger partial charge on any atom is -0.488 e. The van der Waals surface area contributed by atoms with Gasteiger partial charge in [0.15, 0.2) is 9.84 Å². The van der Waals surface area contributed by atoms with Gasteiger partial charge in [0.1, 0.15) is 18.5 Å². The number of nitrogens with zero attached hydrogens (tertiary/aromatic N) is 1. The first kappa shape index (κ1) is 13.6. The Kier molecular flexibility index (Phi) is 2.91. The molecule has 0 aliphatic carbocycles. The highest BCUT2D eigenvalue weighted by molar-refractivity contribution is 7.90. The summed E-state index contributed by atoms with van der Waals surface area (Å²) in [7, 11) is -3.24. The van der Waals surface area contributed by atoms with Gasteiger partial charge in [-0.3, -0.25) is 0 Å². The van der Waals surface area contributed by atoms with Crippen LogP contribution < -0.4 is 9.47 Å². The number of hydrogen-bond acceptors (Lipinski definition) is 5. The lowest BCUT2D eigenvalue weighted by molar-refractivity contribution is 0.166. The molecular weight excluding hydrogens is 302 g/mol. The average Bonchev–Trinajstić information content (AvgIpc) is 2.46. The molecule has 6 heteroatoms. The van der Waals surface area contributed by atoms with Gasteiger partial charge in [-0.15, -0.1) is 0 Å². The zero-order chi connectivity index (χ0) is 15.3. The van der Waals surface area contributed by atoms with Gasteiger partial charge in [-0.05, 0) is 36.6 Å². The highest BCUT2D eigenvalue weighted by Crippen LogP contribution is 2.37. The third-order valence-electron chi connectivity index (χ3n) is 4.10. The van der Waals surface area contributed by atoms with E-state index in [1.807, 2.05) is 12.1 Å². The van der Waals surface area contributed by atoms with Crippen molar-refractivity contribution >= 4 is 9.84 Å². The van der Waals surface area contributed by atoms with Crippen LogP contribution in [0.2, 0.25) is 0 Å². The summed E-state index contributed by atoms with van der Waals surface area (Å²) in [4.78, 5) is 4.43. The van der Waals surface area contributed by atoms with E-state index in [1.54, 1.807) is 6.07 Å². The Hall–Kier alpha value is -2.08. The molecule has 22 heavy (non-hydrogen) atoms. The molecule has 0 N–H and O–H groups in total. The Balaban J connectivity index is 1.62. The third kappa shape index (κ3) is 2.23. The number of aryl methyl sites for hydroxylation is 1. The molecule has 1 aromatic heterocycles. The highest BCUT2D eigenvalue weighted by Gasteiger charge is 2.25. The van der Waals surface area contributed by atoms with Crippen LogP contribution in [-0.2, 0) is 22.9 Å². The number of hydrogen-bond donors (Lipinski definition) is 0. The lowest BCUT2D eigenvalue weighted by atomic mass is 9.97. The summed E-state index contributed by atoms with van der Waals surface area (Å²) in [5.41, 5.74) is 3.17. The molecule has 1 aromatic carbocycles. The van der Waals surface area contributed by atoms with Gasteiger partial charge in [0.2, 0.25) is 5.88 Å². The maximum atomic E-state index is 11.6. The van der Waals surface area contributed by atoms with Crippen molar-refractivity contribution in [2.45, 2.75) is 30.4 Å². The van der Waals surface area contributed by atoms with E-state index in [0.717, 1.165) is 29.7 Å². The second-order valence-electron chi connectivity index (χ2n) is 5.71. The summed E-state index contributed by atoms with van der Waals surface area (Å²) in [6, 6.07) is 7.75. The van der Waals surface area contributed by atoms with Crippen LogP contribution in [-0.4, -0.2) is 19.7 Å². The average molecular weight is 317 g/mol. The van der Waals surface area contributed by atoms with Gasteiger partial charge >= 0.3 is 0 Å². The van der Waals surface area contributed by atoms with Crippen LogP contribution in [0.15, 0.2) is 35.4 Å². The molecule has 0 amide bonds. The van der Waals surface area contributed by atoms with Gasteiger partial charge in [0.25, 0.3) is 0 Å². The second kappa shape index (κ2) is 4.71. The molecule has 114 valence electrons. The molecule has 0 fully saturated rings. The first-order valence-corrected chi connectivity index (χ1v) is 9.01. The minimum atomic E-state index is -3.24. The summed E-state index contributed by atoms with van der Waals surface area (Å²) in [5.74, 6) is 1.47. The van der Waals surface area contributed by atoms with Gasteiger partial charge in [0.05, 0.1) is 4.90 Å². The first-order chi connectivity index (χ1) is 10.5. The van der Waals surface area contributed by atoms with Gasteiger partial charge in [0, 0.05) is 23.6 Å². The minimum absolute atomic E-state index is 0.0463. The maximum Gasteiger partial charge on any atom is 0.217 e. The Morgan fingerprint density at radius 2 is 2.09 bits per heavy atom. The first-order valence-electron chi connectivity index (χ1n) is 7.12. The predicted octanol–water partition coefficient (Wildman–Crippen LogP) is 2.44. The fourth-order valence-corrected chi connectivity index (χ4v) is 3.41. The van der Waals surface area contributed by atoms with Crippen LogP contribution in [0.1, 0.15) is 29.2 Å². The van der Waals surface area contributed by atoms with Gasteiger partial charge in [-0.2, -0.15) is 0 Å². The number of fused-ring (bicyclic) bond motifs is 2. The molecule has 2 aromatic rings. The quantitative estimate of drug-likeness (QED) is 0.851. The van der Waals surface area contributed by atoms with Crippen LogP contribution in [0, 0.1) is 0 Å². The van der Waals surface area contributed by atoms with Crippen LogP contribution in [0.4, 0.5) is 0 Å². The summed E-state index contributed by atoms with van der Waals surface area (Å²) < 4.78 is 34.4. The van der Waals surface area contributed by atoms with Crippen LogP contribution in [0.25, 0.3) is 0 Å². The number of sulfone groups is 1. The number of pyridine rings is 1. The molecule has 0 bridgehead atoms. The summed E-state index contributed by atoms with van der Waals surface area (Å²) in [6.07, 6.45) is 4.06. The van der Waals surface area contributed by atoms with E-state index in [2.05, 4.69) is 11.1 Å². The second-order valence-corrected chi connectivity index (χ2v) is 7.72. The van der Waals surface area contributed by atoms with Crippen LogP contribution >= 0.6 is 0 Å². The molecule has 2 aliphatic heterocycles. The van der Waals surface area contributed by atoms with Gasteiger partial charge in [-0.25, -0.2) is 13.4 Å². The normalized spacial score (nSPS) is 19.2. The molecule has 0 saturated heterocycles. The van der Waals surface area contributed by atoms with E-state index < -0.39 is 9.84 Å². The van der Waals surface area contributed by atoms with E-state index in [4.69, 9.17) is 9.47 Å². The highest BCUT2D eigenvalue weighted by atomic mass is 32.2. The monoisotopic (exact) mass is 317 g/mol. The predicted molar refractivity (Wildman–Crippen MR) is 79.8 cm³/mol. The Morgan fingerprint density at radius 1 is 1.23 bits per heavy atom. The number of benzene rings is 1. The van der Waals surface area contributed by atoms with Crippen LogP contribution in [0.5, 0.6) is 11.6 Å². The Bertz CT molecular complexity index is 860. The van der Waals surface area contributed by atoms with E-state index in [1.165, 1.54) is 18.0 Å². The molecule has 2 aliphatic rings. The lowest BCUT2D eigenvalue weighted by Crippen LogP contribution is -2.18. The zero-order valence-electron chi connectivity index (χ0n) is 12.1. The molecule has 5 nitrogen and oxygen atoms in total. The number of aromatic nitrogens is 1. The van der Waals surface area contributed by atoms with Gasteiger partial charge < -0.3 is 9.47 Å². The van der Waals surface area contributed by atoms with Crippen molar-refractivity contribution in [2.75, 3.05) is 6.26 Å². The summed E-state index contributed by atoms with van der Waals surface area (Å²) in [5, 5.41) is 0. The molecule has 0 spiro atoms. The van der Waals surface area contributed by atoms with Crippen molar-refractivity contribution in [3.05, 3.63) is 47.2 Å². The van der Waals surface area contributed by atoms with Crippen molar-refractivity contribution in [1.82, 2.24) is 4.98 Å². The smallest absolute Gasteiger partial charge is 0.217 e. The van der Waals surface area contributed by atoms with Crippen molar-refractivity contribution < 1.29 is 17.9 Å². The molecule has 1 unspecified atom stereocenters. The SMILES string of the molecule is CS(=O)(=O)c1cnc2c(c1)CCC(c1ccc3c(c1)CO3)O2. The van der Waals surface area contributed by atoms with Gasteiger partial charge in [-0.1, -0.05) is 6.07 Å². The molecule has 4 rings (SSSR count).